The van der Waals surface area contributed by atoms with E-state index in [-0.39, 0.29) is 0 Å². The Balaban J connectivity index is 2.68. The highest BCUT2D eigenvalue weighted by molar-refractivity contribution is 7.98. The first-order chi connectivity index (χ1) is 7.97. The first-order valence-corrected chi connectivity index (χ1v) is 7.97. The summed E-state index contributed by atoms with van der Waals surface area (Å²) < 4.78 is 0. The molecule has 0 bridgehead atoms. The minimum atomic E-state index is 0.359. The molecule has 0 aromatic carbocycles. The Bertz CT molecular complexity index is 302. The quantitative estimate of drug-likeness (QED) is 0.730. The van der Waals surface area contributed by atoms with E-state index in [0.717, 1.165) is 5.88 Å². The summed E-state index contributed by atoms with van der Waals surface area (Å²) in [6.45, 7) is 9.25. The van der Waals surface area contributed by atoms with Gasteiger partial charge in [0.15, 0.2) is 0 Å². The molecule has 0 saturated carbocycles. The van der Waals surface area contributed by atoms with Crippen LogP contribution in [0.25, 0.3) is 0 Å². The second-order valence-electron chi connectivity index (χ2n) is 5.72. The van der Waals surface area contributed by atoms with Crippen molar-refractivity contribution in [2.24, 2.45) is 5.41 Å². The predicted molar refractivity (Wildman–Crippen MR) is 80.5 cm³/mol. The summed E-state index contributed by atoms with van der Waals surface area (Å²) in [4.78, 5) is 0. The van der Waals surface area contributed by atoms with Crippen molar-refractivity contribution < 1.29 is 0 Å². The maximum absolute atomic E-state index is 3.47. The summed E-state index contributed by atoms with van der Waals surface area (Å²) in [5, 5.41) is 3.47. The van der Waals surface area contributed by atoms with Crippen LogP contribution in [0.3, 0.4) is 0 Å². The first kappa shape index (κ1) is 14.8. The van der Waals surface area contributed by atoms with E-state index in [1.54, 1.807) is 11.1 Å². The molecule has 1 rings (SSSR count). The minimum Gasteiger partial charge on any atom is -0.302 e. The molecule has 1 N–H and O–H groups in total. The highest BCUT2D eigenvalue weighted by atomic mass is 32.2. The SMILES string of the molecule is CSCNC(C)/C=C/C1=C(C)CCCC1(C)C. The molecule has 1 atom stereocenters. The average Bonchev–Trinajstić information content (AvgIpc) is 2.24. The monoisotopic (exact) mass is 253 g/mol. The fraction of sp³-hybridized carbons (Fsp3) is 0.733. The summed E-state index contributed by atoms with van der Waals surface area (Å²) in [6.07, 6.45) is 10.7. The van der Waals surface area contributed by atoms with E-state index in [0.29, 0.717) is 11.5 Å². The van der Waals surface area contributed by atoms with Gasteiger partial charge in [-0.15, -0.1) is 11.8 Å². The van der Waals surface area contributed by atoms with Crippen LogP contribution in [0, 0.1) is 5.41 Å². The van der Waals surface area contributed by atoms with Crippen LogP contribution in [0.4, 0.5) is 0 Å². The largest absolute Gasteiger partial charge is 0.302 e. The normalized spacial score (nSPS) is 22.2. The Labute approximate surface area is 111 Å². The summed E-state index contributed by atoms with van der Waals surface area (Å²) in [6, 6.07) is 0.459. The zero-order valence-corrected chi connectivity index (χ0v) is 12.8. The summed E-state index contributed by atoms with van der Waals surface area (Å²) in [7, 11) is 0. The van der Waals surface area contributed by atoms with Crippen LogP contribution < -0.4 is 5.32 Å². The van der Waals surface area contributed by atoms with Gasteiger partial charge in [-0.3, -0.25) is 0 Å². The third-order valence-electron chi connectivity index (χ3n) is 3.64. The lowest BCUT2D eigenvalue weighted by atomic mass is 9.72. The topological polar surface area (TPSA) is 12.0 Å². The van der Waals surface area contributed by atoms with Gasteiger partial charge in [0.25, 0.3) is 0 Å². The zero-order valence-electron chi connectivity index (χ0n) is 12.0. The Morgan fingerprint density at radius 2 is 2.18 bits per heavy atom. The number of hydrogen-bond acceptors (Lipinski definition) is 2. The molecule has 2 heteroatoms. The van der Waals surface area contributed by atoms with Crippen molar-refractivity contribution in [2.75, 3.05) is 12.1 Å². The van der Waals surface area contributed by atoms with Crippen molar-refractivity contribution in [1.82, 2.24) is 5.32 Å². The molecule has 1 aliphatic carbocycles. The predicted octanol–water partition coefficient (Wildman–Crippen LogP) is 4.37. The third-order valence-corrected chi connectivity index (χ3v) is 4.10. The van der Waals surface area contributed by atoms with Gasteiger partial charge in [0.1, 0.15) is 0 Å². The lowest BCUT2D eigenvalue weighted by Gasteiger charge is -2.33. The van der Waals surface area contributed by atoms with E-state index < -0.39 is 0 Å². The van der Waals surface area contributed by atoms with E-state index in [4.69, 9.17) is 0 Å². The zero-order chi connectivity index (χ0) is 12.9. The second-order valence-corrected chi connectivity index (χ2v) is 6.58. The number of rotatable bonds is 5. The Kier molecular flexibility index (Phi) is 5.81. The molecule has 0 aliphatic heterocycles. The lowest BCUT2D eigenvalue weighted by molar-refractivity contribution is 0.376. The highest BCUT2D eigenvalue weighted by Crippen LogP contribution is 2.40. The Morgan fingerprint density at radius 1 is 1.47 bits per heavy atom. The summed E-state index contributed by atoms with van der Waals surface area (Å²) in [5.41, 5.74) is 3.49. The van der Waals surface area contributed by atoms with Gasteiger partial charge in [-0.1, -0.05) is 31.6 Å². The molecule has 0 aromatic heterocycles. The molecular formula is C15H27NS. The molecular weight excluding hydrogens is 226 g/mol. The maximum atomic E-state index is 3.47. The van der Waals surface area contributed by atoms with Crippen LogP contribution >= 0.6 is 11.8 Å². The Morgan fingerprint density at radius 3 is 2.76 bits per heavy atom. The van der Waals surface area contributed by atoms with Crippen LogP contribution in [-0.4, -0.2) is 18.2 Å². The van der Waals surface area contributed by atoms with Gasteiger partial charge in [-0.05, 0) is 50.4 Å². The number of hydrogen-bond donors (Lipinski definition) is 1. The summed E-state index contributed by atoms with van der Waals surface area (Å²) >= 11 is 1.83. The molecule has 1 nitrogen and oxygen atoms in total. The van der Waals surface area contributed by atoms with E-state index in [1.165, 1.54) is 19.3 Å². The molecule has 1 aliphatic rings. The van der Waals surface area contributed by atoms with Gasteiger partial charge < -0.3 is 5.32 Å². The molecule has 0 saturated heterocycles. The highest BCUT2D eigenvalue weighted by Gasteiger charge is 2.26. The van der Waals surface area contributed by atoms with Crippen LogP contribution in [0.2, 0.25) is 0 Å². The van der Waals surface area contributed by atoms with E-state index in [2.05, 4.69) is 51.4 Å². The van der Waals surface area contributed by atoms with E-state index >= 15 is 0 Å². The maximum Gasteiger partial charge on any atom is 0.0419 e. The molecule has 1 unspecified atom stereocenters. The molecule has 0 aromatic rings. The Hall–Kier alpha value is -0.210. The fourth-order valence-electron chi connectivity index (χ4n) is 2.53. The minimum absolute atomic E-state index is 0.359. The van der Waals surface area contributed by atoms with Crippen molar-refractivity contribution in [2.45, 2.75) is 53.0 Å². The van der Waals surface area contributed by atoms with Crippen molar-refractivity contribution >= 4 is 11.8 Å². The lowest BCUT2D eigenvalue weighted by Crippen LogP contribution is -2.24. The van der Waals surface area contributed by atoms with Gasteiger partial charge in [0.2, 0.25) is 0 Å². The van der Waals surface area contributed by atoms with E-state index in [1.807, 2.05) is 11.8 Å². The van der Waals surface area contributed by atoms with Gasteiger partial charge in [-0.2, -0.15) is 0 Å². The standard InChI is InChI=1S/C15H27NS/c1-12-7-6-10-15(3,4)14(12)9-8-13(2)16-11-17-5/h8-9,13,16H,6-7,10-11H2,1-5H3/b9-8+. The molecule has 17 heavy (non-hydrogen) atoms. The van der Waals surface area contributed by atoms with Crippen molar-refractivity contribution in [1.29, 1.82) is 0 Å². The van der Waals surface area contributed by atoms with Crippen LogP contribution in [-0.2, 0) is 0 Å². The molecule has 0 amide bonds. The van der Waals surface area contributed by atoms with Crippen molar-refractivity contribution in [3.05, 3.63) is 23.3 Å². The van der Waals surface area contributed by atoms with Crippen LogP contribution in [0.1, 0.15) is 47.0 Å². The molecule has 98 valence electrons. The molecule has 0 radical (unpaired) electrons. The van der Waals surface area contributed by atoms with Gasteiger partial charge >= 0.3 is 0 Å². The van der Waals surface area contributed by atoms with Gasteiger partial charge in [-0.25, -0.2) is 0 Å². The summed E-state index contributed by atoms with van der Waals surface area (Å²) in [5.74, 6) is 1.02. The molecule has 0 heterocycles. The second kappa shape index (κ2) is 6.65. The number of allylic oxidation sites excluding steroid dienone is 3. The van der Waals surface area contributed by atoms with E-state index in [9.17, 15) is 0 Å². The van der Waals surface area contributed by atoms with Gasteiger partial charge in [0.05, 0.1) is 0 Å². The number of nitrogens with one attached hydrogen (secondary N) is 1. The van der Waals surface area contributed by atoms with Gasteiger partial charge in [0, 0.05) is 11.9 Å². The van der Waals surface area contributed by atoms with Crippen molar-refractivity contribution in [3.8, 4) is 0 Å². The van der Waals surface area contributed by atoms with Crippen LogP contribution in [0.5, 0.6) is 0 Å². The molecule has 0 fully saturated rings. The first-order valence-electron chi connectivity index (χ1n) is 6.58. The fourth-order valence-corrected chi connectivity index (χ4v) is 2.96. The molecule has 0 spiro atoms. The van der Waals surface area contributed by atoms with Crippen molar-refractivity contribution in [3.63, 3.8) is 0 Å². The van der Waals surface area contributed by atoms with Crippen LogP contribution in [0.15, 0.2) is 23.3 Å². The average molecular weight is 253 g/mol. The number of thioether (sulfide) groups is 1. The smallest absolute Gasteiger partial charge is 0.0419 e. The third kappa shape index (κ3) is 4.51.